The summed E-state index contributed by atoms with van der Waals surface area (Å²) < 4.78 is 1.73. The van der Waals surface area contributed by atoms with Crippen molar-refractivity contribution in [3.63, 3.8) is 0 Å². The van der Waals surface area contributed by atoms with Gasteiger partial charge in [-0.1, -0.05) is 26.0 Å². The van der Waals surface area contributed by atoms with Crippen LogP contribution < -0.4 is 10.6 Å². The Bertz CT molecular complexity index is 857. The van der Waals surface area contributed by atoms with Crippen LogP contribution in [0.2, 0.25) is 0 Å². The maximum absolute atomic E-state index is 4.67. The standard InChI is InChI=1S/C19H25N7S.HI/c1-4-21-19(23-10-18-25-17(11-27-18)14(2)3)22-9-15-5-7-16(8-6-15)26-13-20-12-24-26;/h5-8,11-14H,4,9-10H2,1-3H3,(H2,21,22,23);1H. The lowest BCUT2D eigenvalue weighted by Gasteiger charge is -2.10. The fourth-order valence-corrected chi connectivity index (χ4v) is 3.33. The number of benzene rings is 1. The van der Waals surface area contributed by atoms with Gasteiger partial charge in [-0.15, -0.1) is 35.3 Å². The molecule has 1 aromatic carbocycles. The minimum Gasteiger partial charge on any atom is -0.357 e. The molecule has 0 aliphatic rings. The van der Waals surface area contributed by atoms with Gasteiger partial charge in [0, 0.05) is 11.9 Å². The van der Waals surface area contributed by atoms with E-state index in [2.05, 4.69) is 69.0 Å². The second-order valence-electron chi connectivity index (χ2n) is 6.38. The molecule has 0 aliphatic carbocycles. The molecule has 0 bridgehead atoms. The van der Waals surface area contributed by atoms with Gasteiger partial charge in [0.25, 0.3) is 0 Å². The lowest BCUT2D eigenvalue weighted by molar-refractivity contribution is 0.788. The molecule has 28 heavy (non-hydrogen) atoms. The van der Waals surface area contributed by atoms with Gasteiger partial charge < -0.3 is 10.6 Å². The van der Waals surface area contributed by atoms with Crippen LogP contribution in [0.5, 0.6) is 0 Å². The fourth-order valence-electron chi connectivity index (χ4n) is 2.44. The summed E-state index contributed by atoms with van der Waals surface area (Å²) in [6, 6.07) is 8.14. The second-order valence-corrected chi connectivity index (χ2v) is 7.32. The van der Waals surface area contributed by atoms with Crippen molar-refractivity contribution in [3.8, 4) is 5.69 Å². The SMILES string of the molecule is CCNC(=NCc1ccc(-n2cncn2)cc1)NCc1nc(C(C)C)cs1.I. The summed E-state index contributed by atoms with van der Waals surface area (Å²) >= 11 is 1.68. The Morgan fingerprint density at radius 1 is 1.21 bits per heavy atom. The van der Waals surface area contributed by atoms with Crippen molar-refractivity contribution in [3.05, 3.63) is 58.6 Å². The molecule has 0 saturated carbocycles. The number of guanidine groups is 1. The van der Waals surface area contributed by atoms with E-state index in [0.29, 0.717) is 19.0 Å². The Morgan fingerprint density at radius 2 is 2.00 bits per heavy atom. The Morgan fingerprint density at radius 3 is 2.61 bits per heavy atom. The van der Waals surface area contributed by atoms with Crippen molar-refractivity contribution in [2.45, 2.75) is 39.8 Å². The third-order valence-electron chi connectivity index (χ3n) is 3.95. The van der Waals surface area contributed by atoms with Crippen LogP contribution in [0.25, 0.3) is 5.69 Å². The molecule has 2 heterocycles. The first-order chi connectivity index (χ1) is 13.2. The molecule has 3 rings (SSSR count). The molecule has 9 heteroatoms. The van der Waals surface area contributed by atoms with Crippen molar-refractivity contribution in [2.24, 2.45) is 4.99 Å². The highest BCUT2D eigenvalue weighted by molar-refractivity contribution is 14.0. The number of thiazole rings is 1. The number of halogens is 1. The summed E-state index contributed by atoms with van der Waals surface area (Å²) in [5, 5.41) is 14.0. The zero-order valence-electron chi connectivity index (χ0n) is 16.3. The monoisotopic (exact) mass is 511 g/mol. The summed E-state index contributed by atoms with van der Waals surface area (Å²) in [6.45, 7) is 8.46. The Balaban J connectivity index is 0.00000280. The highest BCUT2D eigenvalue weighted by Crippen LogP contribution is 2.17. The third-order valence-corrected chi connectivity index (χ3v) is 4.82. The Kier molecular flexibility index (Phi) is 8.84. The third kappa shape index (κ3) is 6.26. The van der Waals surface area contributed by atoms with Crippen LogP contribution in [0.3, 0.4) is 0 Å². The van der Waals surface area contributed by atoms with Crippen LogP contribution in [-0.2, 0) is 13.1 Å². The maximum atomic E-state index is 4.67. The van der Waals surface area contributed by atoms with Gasteiger partial charge in [0.15, 0.2) is 5.96 Å². The molecule has 0 spiro atoms. The smallest absolute Gasteiger partial charge is 0.191 e. The van der Waals surface area contributed by atoms with Crippen LogP contribution in [0, 0.1) is 0 Å². The maximum Gasteiger partial charge on any atom is 0.191 e. The number of rotatable bonds is 7. The predicted octanol–water partition coefficient (Wildman–Crippen LogP) is 3.72. The van der Waals surface area contributed by atoms with Crippen molar-refractivity contribution in [2.75, 3.05) is 6.54 Å². The largest absolute Gasteiger partial charge is 0.357 e. The van der Waals surface area contributed by atoms with Crippen LogP contribution in [0.4, 0.5) is 0 Å². The summed E-state index contributed by atoms with van der Waals surface area (Å²) in [6.07, 6.45) is 3.21. The molecule has 2 aromatic heterocycles. The predicted molar refractivity (Wildman–Crippen MR) is 125 cm³/mol. The van der Waals surface area contributed by atoms with Gasteiger partial charge in [0.1, 0.15) is 17.7 Å². The van der Waals surface area contributed by atoms with E-state index in [1.54, 1.807) is 22.3 Å². The average molecular weight is 511 g/mol. The molecule has 0 amide bonds. The van der Waals surface area contributed by atoms with Crippen molar-refractivity contribution >= 4 is 41.3 Å². The topological polar surface area (TPSA) is 80.0 Å². The number of hydrogen-bond donors (Lipinski definition) is 2. The van der Waals surface area contributed by atoms with E-state index in [4.69, 9.17) is 0 Å². The molecule has 0 fully saturated rings. The normalized spacial score (nSPS) is 11.4. The first-order valence-electron chi connectivity index (χ1n) is 9.06. The quantitative estimate of drug-likeness (QED) is 0.287. The minimum absolute atomic E-state index is 0. The first-order valence-corrected chi connectivity index (χ1v) is 9.94. The van der Waals surface area contributed by atoms with Gasteiger partial charge in [0.05, 0.1) is 24.5 Å². The van der Waals surface area contributed by atoms with E-state index in [-0.39, 0.29) is 24.0 Å². The van der Waals surface area contributed by atoms with Gasteiger partial charge in [-0.05, 0) is 30.5 Å². The number of nitrogens with one attached hydrogen (secondary N) is 2. The molecule has 0 unspecified atom stereocenters. The number of hydrogen-bond acceptors (Lipinski definition) is 5. The van der Waals surface area contributed by atoms with Crippen molar-refractivity contribution in [1.82, 2.24) is 30.4 Å². The van der Waals surface area contributed by atoms with Crippen molar-refractivity contribution < 1.29 is 0 Å². The molecule has 3 aromatic rings. The van der Waals surface area contributed by atoms with E-state index in [1.165, 1.54) is 6.33 Å². The zero-order chi connectivity index (χ0) is 19.1. The van der Waals surface area contributed by atoms with Gasteiger partial charge in [-0.2, -0.15) is 5.10 Å². The van der Waals surface area contributed by atoms with Crippen LogP contribution >= 0.6 is 35.3 Å². The van der Waals surface area contributed by atoms with E-state index in [1.807, 2.05) is 12.1 Å². The van der Waals surface area contributed by atoms with E-state index < -0.39 is 0 Å². The fraction of sp³-hybridized carbons (Fsp3) is 0.368. The van der Waals surface area contributed by atoms with Gasteiger partial charge >= 0.3 is 0 Å². The summed E-state index contributed by atoms with van der Waals surface area (Å²) in [5.74, 6) is 1.25. The van der Waals surface area contributed by atoms with Gasteiger partial charge in [-0.25, -0.2) is 19.6 Å². The molecule has 150 valence electrons. The summed E-state index contributed by atoms with van der Waals surface area (Å²) in [5.41, 5.74) is 3.26. The van der Waals surface area contributed by atoms with Crippen LogP contribution in [-0.4, -0.2) is 32.3 Å². The Hall–Kier alpha value is -2.01. The van der Waals surface area contributed by atoms with Gasteiger partial charge in [-0.3, -0.25) is 0 Å². The van der Waals surface area contributed by atoms with Crippen LogP contribution in [0.1, 0.15) is 43.0 Å². The minimum atomic E-state index is 0. The molecule has 0 aliphatic heterocycles. The summed E-state index contributed by atoms with van der Waals surface area (Å²) in [7, 11) is 0. The van der Waals surface area contributed by atoms with E-state index in [9.17, 15) is 0 Å². The number of aromatic nitrogens is 4. The highest BCUT2D eigenvalue weighted by Gasteiger charge is 2.06. The summed E-state index contributed by atoms with van der Waals surface area (Å²) in [4.78, 5) is 13.3. The lowest BCUT2D eigenvalue weighted by Crippen LogP contribution is -2.36. The molecular formula is C19H26IN7S. The first kappa shape index (κ1) is 22.3. The molecule has 0 saturated heterocycles. The molecule has 7 nitrogen and oxygen atoms in total. The Labute approximate surface area is 186 Å². The lowest BCUT2D eigenvalue weighted by atomic mass is 10.2. The number of nitrogens with zero attached hydrogens (tertiary/aromatic N) is 5. The van der Waals surface area contributed by atoms with E-state index in [0.717, 1.165) is 34.5 Å². The van der Waals surface area contributed by atoms with Crippen LogP contribution in [0.15, 0.2) is 47.3 Å². The second kappa shape index (κ2) is 11.1. The molecular weight excluding hydrogens is 485 g/mol. The van der Waals surface area contributed by atoms with Gasteiger partial charge in [0.2, 0.25) is 0 Å². The molecule has 2 N–H and O–H groups in total. The van der Waals surface area contributed by atoms with E-state index >= 15 is 0 Å². The zero-order valence-corrected chi connectivity index (χ0v) is 19.4. The average Bonchev–Trinajstić information content (AvgIpc) is 3.36. The molecule has 0 atom stereocenters. The highest BCUT2D eigenvalue weighted by atomic mass is 127. The molecule has 0 radical (unpaired) electrons. The van der Waals surface area contributed by atoms with Crippen molar-refractivity contribution in [1.29, 1.82) is 0 Å². The number of aliphatic imine (C=N–C) groups is 1.